The minimum atomic E-state index is 0.630. The fourth-order valence-electron chi connectivity index (χ4n) is 1.80. The predicted octanol–water partition coefficient (Wildman–Crippen LogP) is 2.21. The van der Waals surface area contributed by atoms with Gasteiger partial charge < -0.3 is 0 Å². The normalized spacial score (nSPS) is 10.6. The Bertz CT molecular complexity index is 673. The summed E-state index contributed by atoms with van der Waals surface area (Å²) >= 11 is 0. The number of imidazole rings is 1. The van der Waals surface area contributed by atoms with Crippen molar-refractivity contribution in [1.29, 1.82) is 0 Å². The molecule has 0 amide bonds. The minimum Gasteiger partial charge on any atom is -0.299 e. The van der Waals surface area contributed by atoms with Crippen molar-refractivity contribution < 1.29 is 4.79 Å². The molecular formula is C13H9N3O. The number of aldehydes is 1. The second kappa shape index (κ2) is 3.83. The van der Waals surface area contributed by atoms with Crippen molar-refractivity contribution in [2.45, 2.75) is 0 Å². The molecule has 0 unspecified atom stereocenters. The standard InChI is InChI=1S/C13H9N3O/c17-9-10-1-2-13-15-7-12(16(13)8-10)11-3-5-14-6-4-11/h1-9H. The monoisotopic (exact) mass is 223 g/mol. The smallest absolute Gasteiger partial charge is 0.151 e. The third kappa shape index (κ3) is 1.59. The van der Waals surface area contributed by atoms with E-state index in [1.165, 1.54) is 0 Å². The van der Waals surface area contributed by atoms with Gasteiger partial charge in [-0.15, -0.1) is 0 Å². The molecule has 3 rings (SSSR count). The summed E-state index contributed by atoms with van der Waals surface area (Å²) in [6, 6.07) is 7.41. The van der Waals surface area contributed by atoms with Crippen LogP contribution in [0.15, 0.2) is 49.1 Å². The molecule has 0 aliphatic carbocycles. The molecule has 0 atom stereocenters. The first-order chi connectivity index (χ1) is 8.38. The second-order valence-corrected chi connectivity index (χ2v) is 3.69. The van der Waals surface area contributed by atoms with Crippen molar-refractivity contribution in [2.24, 2.45) is 0 Å². The quantitative estimate of drug-likeness (QED) is 0.626. The number of carbonyl (C=O) groups is 1. The van der Waals surface area contributed by atoms with E-state index >= 15 is 0 Å². The summed E-state index contributed by atoms with van der Waals surface area (Å²) < 4.78 is 1.90. The van der Waals surface area contributed by atoms with Crippen molar-refractivity contribution in [1.82, 2.24) is 14.4 Å². The second-order valence-electron chi connectivity index (χ2n) is 3.69. The van der Waals surface area contributed by atoms with Gasteiger partial charge in [-0.05, 0) is 24.3 Å². The molecule has 0 aliphatic rings. The van der Waals surface area contributed by atoms with E-state index in [0.717, 1.165) is 23.2 Å². The van der Waals surface area contributed by atoms with Crippen LogP contribution < -0.4 is 0 Å². The Morgan fingerprint density at radius 3 is 2.71 bits per heavy atom. The third-order valence-electron chi connectivity index (χ3n) is 2.64. The van der Waals surface area contributed by atoms with Gasteiger partial charge in [0.25, 0.3) is 0 Å². The van der Waals surface area contributed by atoms with Crippen LogP contribution in [0.5, 0.6) is 0 Å². The molecule has 0 bridgehead atoms. The molecule has 0 radical (unpaired) electrons. The van der Waals surface area contributed by atoms with Gasteiger partial charge in [0.15, 0.2) is 6.29 Å². The van der Waals surface area contributed by atoms with E-state index in [1.54, 1.807) is 30.9 Å². The largest absolute Gasteiger partial charge is 0.299 e. The lowest BCUT2D eigenvalue weighted by Crippen LogP contribution is -1.91. The zero-order chi connectivity index (χ0) is 11.7. The summed E-state index contributed by atoms with van der Waals surface area (Å²) in [5.74, 6) is 0. The zero-order valence-corrected chi connectivity index (χ0v) is 8.95. The van der Waals surface area contributed by atoms with E-state index in [0.29, 0.717) is 5.56 Å². The number of nitrogens with zero attached hydrogens (tertiary/aromatic N) is 3. The van der Waals surface area contributed by atoms with Gasteiger partial charge in [-0.25, -0.2) is 4.98 Å². The molecule has 0 saturated carbocycles. The summed E-state index contributed by atoms with van der Waals surface area (Å²) in [4.78, 5) is 19.1. The van der Waals surface area contributed by atoms with Crippen LogP contribution in [0.2, 0.25) is 0 Å². The Balaban J connectivity index is 2.27. The van der Waals surface area contributed by atoms with Gasteiger partial charge in [-0.2, -0.15) is 0 Å². The SMILES string of the molecule is O=Cc1ccc2ncc(-c3ccncc3)n2c1. The number of pyridine rings is 2. The molecule has 82 valence electrons. The van der Waals surface area contributed by atoms with Gasteiger partial charge in [0.1, 0.15) is 5.65 Å². The van der Waals surface area contributed by atoms with Crippen molar-refractivity contribution in [3.8, 4) is 11.3 Å². The Morgan fingerprint density at radius 2 is 1.94 bits per heavy atom. The fraction of sp³-hybridized carbons (Fsp3) is 0. The van der Waals surface area contributed by atoms with Gasteiger partial charge in [-0.1, -0.05) is 0 Å². The van der Waals surface area contributed by atoms with Gasteiger partial charge >= 0.3 is 0 Å². The highest BCUT2D eigenvalue weighted by molar-refractivity contribution is 5.76. The molecule has 0 N–H and O–H groups in total. The first-order valence-corrected chi connectivity index (χ1v) is 5.21. The van der Waals surface area contributed by atoms with Crippen LogP contribution in [0.3, 0.4) is 0 Å². The first kappa shape index (κ1) is 9.72. The molecule has 4 nitrogen and oxygen atoms in total. The number of rotatable bonds is 2. The lowest BCUT2D eigenvalue weighted by Gasteiger charge is -2.01. The maximum atomic E-state index is 10.8. The van der Waals surface area contributed by atoms with Crippen LogP contribution in [0, 0.1) is 0 Å². The average molecular weight is 223 g/mol. The zero-order valence-electron chi connectivity index (χ0n) is 8.95. The van der Waals surface area contributed by atoms with E-state index in [4.69, 9.17) is 0 Å². The van der Waals surface area contributed by atoms with Gasteiger partial charge in [-0.3, -0.25) is 14.2 Å². The van der Waals surface area contributed by atoms with Crippen molar-refractivity contribution in [3.63, 3.8) is 0 Å². The summed E-state index contributed by atoms with van der Waals surface area (Å²) in [5, 5.41) is 0. The van der Waals surface area contributed by atoms with E-state index in [2.05, 4.69) is 9.97 Å². The van der Waals surface area contributed by atoms with Crippen LogP contribution in [0.25, 0.3) is 16.9 Å². The van der Waals surface area contributed by atoms with Crippen molar-refractivity contribution in [3.05, 3.63) is 54.6 Å². The predicted molar refractivity (Wildman–Crippen MR) is 63.8 cm³/mol. The van der Waals surface area contributed by atoms with E-state index < -0.39 is 0 Å². The molecule has 0 fully saturated rings. The molecule has 3 aromatic heterocycles. The highest BCUT2D eigenvalue weighted by Crippen LogP contribution is 2.20. The van der Waals surface area contributed by atoms with E-state index in [1.807, 2.05) is 22.6 Å². The molecule has 3 heterocycles. The molecular weight excluding hydrogens is 214 g/mol. The number of hydrogen-bond donors (Lipinski definition) is 0. The molecule has 0 aliphatic heterocycles. The van der Waals surface area contributed by atoms with Crippen LogP contribution in [-0.4, -0.2) is 20.7 Å². The average Bonchev–Trinajstić information content (AvgIpc) is 2.82. The van der Waals surface area contributed by atoms with Gasteiger partial charge in [0.05, 0.1) is 11.9 Å². The van der Waals surface area contributed by atoms with Crippen LogP contribution in [-0.2, 0) is 0 Å². The Morgan fingerprint density at radius 1 is 1.12 bits per heavy atom. The Labute approximate surface area is 97.6 Å². The molecule has 0 saturated heterocycles. The van der Waals surface area contributed by atoms with Crippen molar-refractivity contribution >= 4 is 11.9 Å². The number of carbonyl (C=O) groups excluding carboxylic acids is 1. The number of fused-ring (bicyclic) bond motifs is 1. The third-order valence-corrected chi connectivity index (χ3v) is 2.64. The van der Waals surface area contributed by atoms with Crippen LogP contribution in [0.4, 0.5) is 0 Å². The molecule has 0 aromatic carbocycles. The van der Waals surface area contributed by atoms with Gasteiger partial charge in [0, 0.05) is 29.7 Å². The number of hydrogen-bond acceptors (Lipinski definition) is 3. The molecule has 3 aromatic rings. The molecule has 17 heavy (non-hydrogen) atoms. The first-order valence-electron chi connectivity index (χ1n) is 5.21. The maximum absolute atomic E-state index is 10.8. The summed E-state index contributed by atoms with van der Waals surface area (Å²) in [6.07, 6.45) is 7.87. The van der Waals surface area contributed by atoms with Crippen molar-refractivity contribution in [2.75, 3.05) is 0 Å². The minimum absolute atomic E-state index is 0.630. The number of aromatic nitrogens is 3. The fourth-order valence-corrected chi connectivity index (χ4v) is 1.80. The maximum Gasteiger partial charge on any atom is 0.151 e. The highest BCUT2D eigenvalue weighted by Gasteiger charge is 2.05. The van der Waals surface area contributed by atoms with Crippen LogP contribution in [0.1, 0.15) is 10.4 Å². The summed E-state index contributed by atoms with van der Waals surface area (Å²) in [5.41, 5.74) is 3.43. The van der Waals surface area contributed by atoms with Crippen LogP contribution >= 0.6 is 0 Å². The molecule has 0 spiro atoms. The van der Waals surface area contributed by atoms with E-state index in [-0.39, 0.29) is 0 Å². The summed E-state index contributed by atoms with van der Waals surface area (Å²) in [6.45, 7) is 0. The Hall–Kier alpha value is -2.49. The Kier molecular flexibility index (Phi) is 2.19. The molecule has 4 heteroatoms. The highest BCUT2D eigenvalue weighted by atomic mass is 16.1. The topological polar surface area (TPSA) is 47.3 Å². The lowest BCUT2D eigenvalue weighted by atomic mass is 10.2. The van der Waals surface area contributed by atoms with E-state index in [9.17, 15) is 4.79 Å². The van der Waals surface area contributed by atoms with Gasteiger partial charge in [0.2, 0.25) is 0 Å². The summed E-state index contributed by atoms with van der Waals surface area (Å²) in [7, 11) is 0. The lowest BCUT2D eigenvalue weighted by molar-refractivity contribution is 0.112.